The summed E-state index contributed by atoms with van der Waals surface area (Å²) >= 11 is 0. The first-order chi connectivity index (χ1) is 17.1. The summed E-state index contributed by atoms with van der Waals surface area (Å²) in [7, 11) is 0. The van der Waals surface area contributed by atoms with E-state index < -0.39 is 0 Å². The highest BCUT2D eigenvalue weighted by Crippen LogP contribution is 2.32. The fourth-order valence-corrected chi connectivity index (χ4v) is 5.70. The number of carbonyl (C=O) groups is 2. The zero-order valence-corrected chi connectivity index (χ0v) is 21.0. The van der Waals surface area contributed by atoms with Crippen molar-refractivity contribution in [1.29, 1.82) is 0 Å². The molecule has 35 heavy (non-hydrogen) atoms. The molecule has 1 saturated heterocycles. The number of fused-ring (bicyclic) bond motifs is 1. The molecule has 0 aromatic heterocycles. The van der Waals surface area contributed by atoms with Crippen LogP contribution in [0.1, 0.15) is 72.2 Å². The monoisotopic (exact) mass is 475 g/mol. The van der Waals surface area contributed by atoms with Crippen LogP contribution < -0.4 is 4.74 Å². The molecule has 6 nitrogen and oxygen atoms in total. The van der Waals surface area contributed by atoms with E-state index in [1.807, 2.05) is 56.3 Å². The summed E-state index contributed by atoms with van der Waals surface area (Å²) in [5.41, 5.74) is 2.53. The first kappa shape index (κ1) is 23.9. The van der Waals surface area contributed by atoms with Crippen molar-refractivity contribution in [2.24, 2.45) is 0 Å². The zero-order chi connectivity index (χ0) is 24.4. The molecule has 2 aromatic carbocycles. The third-order valence-electron chi connectivity index (χ3n) is 8.11. The average molecular weight is 476 g/mol. The minimum Gasteiger partial charge on any atom is -0.457 e. The number of hydrogen-bond donors (Lipinski definition) is 0. The fourth-order valence-electron chi connectivity index (χ4n) is 5.70. The molecule has 0 spiro atoms. The van der Waals surface area contributed by atoms with Crippen molar-refractivity contribution >= 4 is 11.8 Å². The highest BCUT2D eigenvalue weighted by atomic mass is 16.5. The maximum atomic E-state index is 13.3. The second-order valence-corrected chi connectivity index (χ2v) is 10.0. The van der Waals surface area contributed by atoms with Crippen molar-refractivity contribution < 1.29 is 14.3 Å². The molecular formula is C29H37N3O3. The van der Waals surface area contributed by atoms with Crippen molar-refractivity contribution in [3.63, 3.8) is 0 Å². The molecule has 0 bridgehead atoms. The van der Waals surface area contributed by atoms with Gasteiger partial charge >= 0.3 is 0 Å². The Morgan fingerprint density at radius 3 is 2.23 bits per heavy atom. The van der Waals surface area contributed by atoms with Gasteiger partial charge in [-0.3, -0.25) is 9.59 Å². The van der Waals surface area contributed by atoms with E-state index in [0.717, 1.165) is 61.8 Å². The summed E-state index contributed by atoms with van der Waals surface area (Å²) < 4.78 is 6.07. The van der Waals surface area contributed by atoms with E-state index >= 15 is 0 Å². The third kappa shape index (κ3) is 4.94. The van der Waals surface area contributed by atoms with Gasteiger partial charge in [0.2, 0.25) is 0 Å². The number of piperidine rings is 1. The number of benzene rings is 2. The van der Waals surface area contributed by atoms with Crippen molar-refractivity contribution in [3.05, 3.63) is 59.2 Å². The molecule has 0 N–H and O–H groups in total. The molecule has 0 radical (unpaired) electrons. The Bertz CT molecular complexity index is 1050. The van der Waals surface area contributed by atoms with E-state index in [1.54, 1.807) is 4.90 Å². The third-order valence-corrected chi connectivity index (χ3v) is 8.11. The van der Waals surface area contributed by atoms with Crippen molar-refractivity contribution in [2.45, 2.75) is 64.5 Å². The molecule has 0 unspecified atom stereocenters. The lowest BCUT2D eigenvalue weighted by Gasteiger charge is -2.45. The molecule has 3 aliphatic rings. The number of nitrogens with zero attached hydrogens (tertiary/aromatic N) is 3. The van der Waals surface area contributed by atoms with Gasteiger partial charge in [-0.05, 0) is 94.0 Å². The van der Waals surface area contributed by atoms with Crippen LogP contribution in [0, 0.1) is 0 Å². The van der Waals surface area contributed by atoms with Gasteiger partial charge in [-0.15, -0.1) is 0 Å². The molecule has 2 amide bonds. The first-order valence-electron chi connectivity index (χ1n) is 13.3. The molecule has 2 aliphatic heterocycles. The van der Waals surface area contributed by atoms with Gasteiger partial charge in [0, 0.05) is 55.9 Å². The lowest BCUT2D eigenvalue weighted by Crippen LogP contribution is -2.52. The van der Waals surface area contributed by atoms with Crippen LogP contribution in [-0.2, 0) is 6.42 Å². The van der Waals surface area contributed by atoms with E-state index in [2.05, 4.69) is 9.80 Å². The Morgan fingerprint density at radius 1 is 0.914 bits per heavy atom. The van der Waals surface area contributed by atoms with Crippen molar-refractivity contribution in [1.82, 2.24) is 14.7 Å². The summed E-state index contributed by atoms with van der Waals surface area (Å²) in [6.45, 7) is 8.38. The van der Waals surface area contributed by atoms with Crippen LogP contribution in [0.15, 0.2) is 42.5 Å². The fraction of sp³-hybridized carbons (Fsp3) is 0.517. The highest BCUT2D eigenvalue weighted by molar-refractivity contribution is 5.97. The number of ether oxygens (including phenoxy) is 1. The number of hydrogen-bond acceptors (Lipinski definition) is 4. The maximum Gasteiger partial charge on any atom is 0.254 e. The number of rotatable bonds is 7. The Morgan fingerprint density at radius 2 is 1.60 bits per heavy atom. The predicted octanol–water partition coefficient (Wildman–Crippen LogP) is 4.98. The molecule has 1 aliphatic carbocycles. The molecule has 6 heteroatoms. The highest BCUT2D eigenvalue weighted by Gasteiger charge is 2.34. The molecule has 2 aromatic rings. The summed E-state index contributed by atoms with van der Waals surface area (Å²) in [4.78, 5) is 32.4. The van der Waals surface area contributed by atoms with Crippen LogP contribution >= 0.6 is 0 Å². The number of amides is 2. The van der Waals surface area contributed by atoms with Gasteiger partial charge in [0.1, 0.15) is 11.5 Å². The van der Waals surface area contributed by atoms with E-state index in [-0.39, 0.29) is 11.8 Å². The minimum absolute atomic E-state index is 0.0344. The molecular weight excluding hydrogens is 438 g/mol. The Balaban J connectivity index is 1.21. The van der Waals surface area contributed by atoms with Gasteiger partial charge in [0.15, 0.2) is 0 Å². The lowest BCUT2D eigenvalue weighted by molar-refractivity contribution is 0.0414. The molecule has 5 rings (SSSR count). The van der Waals surface area contributed by atoms with Crippen LogP contribution in [-0.4, -0.2) is 71.3 Å². The zero-order valence-electron chi connectivity index (χ0n) is 21.0. The van der Waals surface area contributed by atoms with Crippen LogP contribution in [0.5, 0.6) is 11.5 Å². The minimum atomic E-state index is 0.0344. The van der Waals surface area contributed by atoms with Gasteiger partial charge in [-0.2, -0.15) is 0 Å². The van der Waals surface area contributed by atoms with Gasteiger partial charge in [0.25, 0.3) is 11.8 Å². The first-order valence-corrected chi connectivity index (χ1v) is 13.3. The molecule has 1 saturated carbocycles. The lowest BCUT2D eigenvalue weighted by atomic mass is 9.88. The summed E-state index contributed by atoms with van der Waals surface area (Å²) in [5.74, 6) is 1.61. The molecule has 0 atom stereocenters. The normalized spacial score (nSPS) is 19.3. The van der Waals surface area contributed by atoms with Crippen LogP contribution in [0.25, 0.3) is 0 Å². The maximum absolute atomic E-state index is 13.3. The van der Waals surface area contributed by atoms with Crippen LogP contribution in [0.2, 0.25) is 0 Å². The van der Waals surface area contributed by atoms with Gasteiger partial charge in [-0.25, -0.2) is 0 Å². The standard InChI is InChI=1S/C29H37N3O3/c1-3-30(4-2)28(33)21-8-10-25(11-9-21)35-26-12-13-27-22(20-26)14-19-32(29(27)34)24-15-17-31(18-16-24)23-6-5-7-23/h8-13,20,23-24H,3-7,14-19H2,1-2H3. The molecule has 2 heterocycles. The van der Waals surface area contributed by atoms with Crippen molar-refractivity contribution in [2.75, 3.05) is 32.7 Å². The SMILES string of the molecule is CCN(CC)C(=O)c1ccc(Oc2ccc3c(c2)CCN(C2CCN(C4CCC4)CC2)C3=O)cc1. The van der Waals surface area contributed by atoms with Crippen molar-refractivity contribution in [3.8, 4) is 11.5 Å². The quantitative estimate of drug-likeness (QED) is 0.567. The second kappa shape index (κ2) is 10.4. The predicted molar refractivity (Wildman–Crippen MR) is 137 cm³/mol. The number of carbonyl (C=O) groups excluding carboxylic acids is 2. The van der Waals surface area contributed by atoms with E-state index in [0.29, 0.717) is 30.4 Å². The second-order valence-electron chi connectivity index (χ2n) is 10.0. The van der Waals surface area contributed by atoms with Gasteiger partial charge < -0.3 is 19.4 Å². The summed E-state index contributed by atoms with van der Waals surface area (Å²) in [6.07, 6.45) is 7.11. The van der Waals surface area contributed by atoms with E-state index in [4.69, 9.17) is 4.74 Å². The van der Waals surface area contributed by atoms with Crippen LogP contribution in [0.4, 0.5) is 0 Å². The largest absolute Gasteiger partial charge is 0.457 e. The Labute approximate surface area is 208 Å². The van der Waals surface area contributed by atoms with Gasteiger partial charge in [0.05, 0.1) is 0 Å². The van der Waals surface area contributed by atoms with Crippen LogP contribution in [0.3, 0.4) is 0 Å². The Hall–Kier alpha value is -2.86. The Kier molecular flexibility index (Phi) is 7.09. The summed E-state index contributed by atoms with van der Waals surface area (Å²) in [6, 6.07) is 14.2. The smallest absolute Gasteiger partial charge is 0.254 e. The van der Waals surface area contributed by atoms with E-state index in [9.17, 15) is 9.59 Å². The molecule has 186 valence electrons. The summed E-state index contributed by atoms with van der Waals surface area (Å²) in [5, 5.41) is 0. The molecule has 2 fully saturated rings. The topological polar surface area (TPSA) is 53.1 Å². The average Bonchev–Trinajstić information content (AvgIpc) is 2.85. The number of likely N-dealkylation sites (tertiary alicyclic amines) is 1. The van der Waals surface area contributed by atoms with E-state index in [1.165, 1.54) is 19.3 Å². The van der Waals surface area contributed by atoms with Gasteiger partial charge in [-0.1, -0.05) is 6.42 Å².